The van der Waals surface area contributed by atoms with E-state index in [0.717, 1.165) is 22.4 Å². The summed E-state index contributed by atoms with van der Waals surface area (Å²) in [6, 6.07) is 5.93. The summed E-state index contributed by atoms with van der Waals surface area (Å²) in [7, 11) is 0. The van der Waals surface area contributed by atoms with E-state index in [9.17, 15) is 0 Å². The van der Waals surface area contributed by atoms with Gasteiger partial charge in [-0.1, -0.05) is 6.07 Å². The van der Waals surface area contributed by atoms with E-state index in [4.69, 9.17) is 10.2 Å². The first-order valence-electron chi connectivity index (χ1n) is 6.11. The van der Waals surface area contributed by atoms with Crippen molar-refractivity contribution in [2.24, 2.45) is 5.73 Å². The lowest BCUT2D eigenvalue weighted by molar-refractivity contribution is 0.560. The van der Waals surface area contributed by atoms with Crippen LogP contribution in [0, 0.1) is 6.92 Å². The second-order valence-corrected chi connectivity index (χ2v) is 4.38. The van der Waals surface area contributed by atoms with Gasteiger partial charge in [0, 0.05) is 38.0 Å². The predicted molar refractivity (Wildman–Crippen MR) is 71.7 cm³/mol. The molecule has 5 nitrogen and oxygen atoms in total. The zero-order valence-corrected chi connectivity index (χ0v) is 10.6. The molecule has 0 aliphatic heterocycles. The number of nitrogens with two attached hydrogens (primary N) is 1. The normalized spacial score (nSPS) is 12.7. The van der Waals surface area contributed by atoms with Crippen LogP contribution < -0.4 is 5.73 Å². The van der Waals surface area contributed by atoms with Crippen molar-refractivity contribution in [2.75, 3.05) is 6.54 Å². The Kier molecular flexibility index (Phi) is 2.97. The fraction of sp³-hybridized carbons (Fsp3) is 0.214. The Morgan fingerprint density at radius 1 is 1.32 bits per heavy atom. The van der Waals surface area contributed by atoms with Crippen molar-refractivity contribution in [3.05, 3.63) is 53.9 Å². The Morgan fingerprint density at radius 3 is 2.95 bits per heavy atom. The van der Waals surface area contributed by atoms with Gasteiger partial charge in [-0.2, -0.15) is 0 Å². The first kappa shape index (κ1) is 11.8. The lowest BCUT2D eigenvalue weighted by atomic mass is 9.96. The molecule has 1 aromatic carbocycles. The van der Waals surface area contributed by atoms with Crippen molar-refractivity contribution in [3.8, 4) is 0 Å². The highest BCUT2D eigenvalue weighted by atomic mass is 16.3. The van der Waals surface area contributed by atoms with Crippen molar-refractivity contribution in [1.29, 1.82) is 0 Å². The molecule has 0 radical (unpaired) electrons. The van der Waals surface area contributed by atoms with Crippen LogP contribution in [0.5, 0.6) is 0 Å². The van der Waals surface area contributed by atoms with Crippen molar-refractivity contribution in [1.82, 2.24) is 15.0 Å². The number of hydrogen-bond donors (Lipinski definition) is 1. The second kappa shape index (κ2) is 4.78. The van der Waals surface area contributed by atoms with Crippen molar-refractivity contribution in [2.45, 2.75) is 12.8 Å². The molecule has 96 valence electrons. The summed E-state index contributed by atoms with van der Waals surface area (Å²) in [6.45, 7) is 2.31. The topological polar surface area (TPSA) is 77.8 Å². The second-order valence-electron chi connectivity index (χ2n) is 4.38. The SMILES string of the molecule is Cc1nc2ccc(C(CN)c3cnccn3)cc2o1. The molecule has 0 spiro atoms. The Labute approximate surface area is 110 Å². The third kappa shape index (κ3) is 2.20. The molecule has 1 atom stereocenters. The fourth-order valence-electron chi connectivity index (χ4n) is 2.19. The number of rotatable bonds is 3. The Balaban J connectivity index is 2.06. The van der Waals surface area contributed by atoms with Crippen LogP contribution in [0.2, 0.25) is 0 Å². The van der Waals surface area contributed by atoms with Gasteiger partial charge in [0.1, 0.15) is 5.52 Å². The average Bonchev–Trinajstić information content (AvgIpc) is 2.80. The zero-order valence-electron chi connectivity index (χ0n) is 10.6. The first-order valence-corrected chi connectivity index (χ1v) is 6.11. The maximum absolute atomic E-state index is 5.87. The molecular weight excluding hydrogens is 240 g/mol. The maximum atomic E-state index is 5.87. The van der Waals surface area contributed by atoms with E-state index < -0.39 is 0 Å². The Morgan fingerprint density at radius 2 is 2.21 bits per heavy atom. The van der Waals surface area contributed by atoms with Gasteiger partial charge in [0.05, 0.1) is 5.69 Å². The molecule has 0 aliphatic rings. The van der Waals surface area contributed by atoms with Gasteiger partial charge in [-0.25, -0.2) is 4.98 Å². The molecule has 0 saturated carbocycles. The van der Waals surface area contributed by atoms with E-state index in [2.05, 4.69) is 15.0 Å². The Hall–Kier alpha value is -2.27. The third-order valence-corrected chi connectivity index (χ3v) is 3.10. The maximum Gasteiger partial charge on any atom is 0.192 e. The number of aromatic nitrogens is 3. The van der Waals surface area contributed by atoms with Crippen molar-refractivity contribution in [3.63, 3.8) is 0 Å². The van der Waals surface area contributed by atoms with Gasteiger partial charge in [-0.15, -0.1) is 0 Å². The largest absolute Gasteiger partial charge is 0.441 e. The minimum absolute atomic E-state index is 0.0171. The lowest BCUT2D eigenvalue weighted by Gasteiger charge is -2.13. The summed E-state index contributed by atoms with van der Waals surface area (Å²) < 4.78 is 5.55. The molecule has 5 heteroatoms. The van der Waals surface area contributed by atoms with Crippen LogP contribution in [0.4, 0.5) is 0 Å². The predicted octanol–water partition coefficient (Wildman–Crippen LogP) is 2.02. The lowest BCUT2D eigenvalue weighted by Crippen LogP contribution is -2.15. The summed E-state index contributed by atoms with van der Waals surface area (Å²) in [6.07, 6.45) is 5.07. The number of benzene rings is 1. The van der Waals surface area contributed by atoms with E-state index in [1.807, 2.05) is 25.1 Å². The third-order valence-electron chi connectivity index (χ3n) is 3.10. The van der Waals surface area contributed by atoms with Gasteiger partial charge >= 0.3 is 0 Å². The van der Waals surface area contributed by atoms with Crippen molar-refractivity contribution < 1.29 is 4.42 Å². The molecule has 0 fully saturated rings. The van der Waals surface area contributed by atoms with Crippen molar-refractivity contribution >= 4 is 11.1 Å². The minimum atomic E-state index is 0.0171. The molecule has 0 saturated heterocycles. The minimum Gasteiger partial charge on any atom is -0.441 e. The quantitative estimate of drug-likeness (QED) is 0.773. The van der Waals surface area contributed by atoms with E-state index in [1.54, 1.807) is 18.6 Å². The number of nitrogens with zero attached hydrogens (tertiary/aromatic N) is 3. The van der Waals surface area contributed by atoms with Gasteiger partial charge in [-0.05, 0) is 17.7 Å². The van der Waals surface area contributed by atoms with E-state index in [0.29, 0.717) is 12.4 Å². The number of aryl methyl sites for hydroxylation is 1. The monoisotopic (exact) mass is 254 g/mol. The molecule has 0 bridgehead atoms. The van der Waals surface area contributed by atoms with Crippen LogP contribution >= 0.6 is 0 Å². The Bertz CT molecular complexity index is 693. The summed E-state index contributed by atoms with van der Waals surface area (Å²) in [4.78, 5) is 12.7. The highest BCUT2D eigenvalue weighted by molar-refractivity contribution is 5.73. The average molecular weight is 254 g/mol. The van der Waals surface area contributed by atoms with Crippen LogP contribution in [-0.2, 0) is 0 Å². The fourth-order valence-corrected chi connectivity index (χ4v) is 2.19. The molecule has 3 rings (SSSR count). The summed E-state index contributed by atoms with van der Waals surface area (Å²) in [5.74, 6) is 0.680. The van der Waals surface area contributed by atoms with Gasteiger partial charge in [0.2, 0.25) is 0 Å². The highest BCUT2D eigenvalue weighted by Gasteiger charge is 2.15. The van der Waals surface area contributed by atoms with E-state index in [-0.39, 0.29) is 5.92 Å². The molecular formula is C14H14N4O. The molecule has 2 N–H and O–H groups in total. The van der Waals surface area contributed by atoms with Gasteiger partial charge in [-0.3, -0.25) is 9.97 Å². The van der Waals surface area contributed by atoms with E-state index >= 15 is 0 Å². The smallest absolute Gasteiger partial charge is 0.192 e. The van der Waals surface area contributed by atoms with Gasteiger partial charge in [0.25, 0.3) is 0 Å². The number of oxazole rings is 1. The number of hydrogen-bond acceptors (Lipinski definition) is 5. The molecule has 0 aliphatic carbocycles. The van der Waals surface area contributed by atoms with Crippen LogP contribution in [0.1, 0.15) is 23.1 Å². The number of fused-ring (bicyclic) bond motifs is 1. The molecule has 0 amide bonds. The summed E-state index contributed by atoms with van der Waals surface area (Å²) in [5.41, 5.74) is 9.43. The molecule has 3 aromatic rings. The van der Waals surface area contributed by atoms with Gasteiger partial charge < -0.3 is 10.2 Å². The standard InChI is InChI=1S/C14H14N4O/c1-9-18-12-3-2-10(6-14(12)19-9)11(7-15)13-8-16-4-5-17-13/h2-6,8,11H,7,15H2,1H3. The first-order chi connectivity index (χ1) is 9.28. The van der Waals surface area contributed by atoms with E-state index in [1.165, 1.54) is 0 Å². The zero-order chi connectivity index (χ0) is 13.2. The molecule has 19 heavy (non-hydrogen) atoms. The molecule has 2 aromatic heterocycles. The van der Waals surface area contributed by atoms with Crippen LogP contribution in [-0.4, -0.2) is 21.5 Å². The molecule has 2 heterocycles. The van der Waals surface area contributed by atoms with Crippen LogP contribution in [0.15, 0.2) is 41.2 Å². The highest BCUT2D eigenvalue weighted by Crippen LogP contribution is 2.25. The summed E-state index contributed by atoms with van der Waals surface area (Å²) >= 11 is 0. The molecule has 1 unspecified atom stereocenters. The summed E-state index contributed by atoms with van der Waals surface area (Å²) in [5, 5.41) is 0. The van der Waals surface area contributed by atoms with Crippen LogP contribution in [0.3, 0.4) is 0 Å². The van der Waals surface area contributed by atoms with Gasteiger partial charge in [0.15, 0.2) is 11.5 Å². The van der Waals surface area contributed by atoms with Crippen LogP contribution in [0.25, 0.3) is 11.1 Å².